The fraction of sp³-hybridized carbons (Fsp3) is 0.952. The zero-order chi connectivity index (χ0) is 22.4. The molecule has 0 saturated carbocycles. The number of carbonyl (C=O) groups excluding carboxylic acids is 1. The molecule has 6 atom stereocenters. The van der Waals surface area contributed by atoms with E-state index in [0.29, 0.717) is 12.3 Å². The number of rotatable bonds is 17. The van der Waals surface area contributed by atoms with Gasteiger partial charge in [0.1, 0.15) is 24.4 Å². The van der Waals surface area contributed by atoms with E-state index in [9.17, 15) is 25.2 Å². The largest absolute Gasteiger partial charge is 0.394 e. The number of carbonyl (C=O) groups is 1. The maximum absolute atomic E-state index is 12.3. The summed E-state index contributed by atoms with van der Waals surface area (Å²) in [6.45, 7) is 2.13. The maximum Gasteiger partial charge on any atom is 0.238 e. The van der Waals surface area contributed by atoms with Crippen molar-refractivity contribution in [1.82, 2.24) is 10.6 Å². The number of aliphatic hydroxyl groups excluding tert-OH is 5. The predicted octanol–water partition coefficient (Wildman–Crippen LogP) is 0.491. The number of nitrogens with one attached hydrogen (secondary N) is 2. The van der Waals surface area contributed by atoms with Crippen LogP contribution in [-0.4, -0.2) is 86.2 Å². The second kappa shape index (κ2) is 16.2. The lowest BCUT2D eigenvalue weighted by atomic mass is 10.0. The fourth-order valence-corrected chi connectivity index (χ4v) is 4.77. The second-order valence-electron chi connectivity index (χ2n) is 8.17. The Hall–Kier alpha value is -0.420. The van der Waals surface area contributed by atoms with Crippen molar-refractivity contribution in [2.24, 2.45) is 0 Å². The van der Waals surface area contributed by atoms with Crippen LogP contribution in [0, 0.1) is 0 Å². The van der Waals surface area contributed by atoms with Crippen molar-refractivity contribution < 1.29 is 30.3 Å². The Morgan fingerprint density at radius 2 is 1.53 bits per heavy atom. The van der Waals surface area contributed by atoms with Crippen molar-refractivity contribution in [1.29, 1.82) is 0 Å². The normalized spacial score (nSPS) is 23.1. The molecule has 0 aromatic carbocycles. The van der Waals surface area contributed by atoms with E-state index in [1.165, 1.54) is 63.1 Å². The summed E-state index contributed by atoms with van der Waals surface area (Å²) in [5.41, 5.74) is 0. The molecule has 0 aliphatic carbocycles. The number of thioether (sulfide) groups is 1. The molecule has 178 valence electrons. The van der Waals surface area contributed by atoms with Crippen LogP contribution < -0.4 is 10.6 Å². The summed E-state index contributed by atoms with van der Waals surface area (Å²) in [4.78, 5) is 12.3. The molecule has 0 radical (unpaired) electrons. The molecule has 7 N–H and O–H groups in total. The van der Waals surface area contributed by atoms with Crippen LogP contribution in [0.4, 0.5) is 0 Å². The van der Waals surface area contributed by atoms with Crippen molar-refractivity contribution in [2.75, 3.05) is 18.9 Å². The molecule has 1 aliphatic rings. The zero-order valence-electron chi connectivity index (χ0n) is 18.2. The van der Waals surface area contributed by atoms with Crippen molar-refractivity contribution >= 4 is 17.7 Å². The molecule has 1 amide bonds. The molecular weight excluding hydrogens is 408 g/mol. The van der Waals surface area contributed by atoms with E-state index in [-0.39, 0.29) is 5.91 Å². The van der Waals surface area contributed by atoms with Crippen LogP contribution in [0.2, 0.25) is 0 Å². The van der Waals surface area contributed by atoms with Crippen LogP contribution in [0.5, 0.6) is 0 Å². The fourth-order valence-electron chi connectivity index (χ4n) is 3.51. The maximum atomic E-state index is 12.3. The van der Waals surface area contributed by atoms with Gasteiger partial charge in [0, 0.05) is 12.3 Å². The Labute approximate surface area is 184 Å². The Morgan fingerprint density at radius 1 is 0.967 bits per heavy atom. The third-order valence-electron chi connectivity index (χ3n) is 5.55. The summed E-state index contributed by atoms with van der Waals surface area (Å²) in [6.07, 6.45) is 6.16. The van der Waals surface area contributed by atoms with E-state index in [1.54, 1.807) is 0 Å². The number of amides is 1. The van der Waals surface area contributed by atoms with Crippen molar-refractivity contribution in [3.8, 4) is 0 Å². The molecule has 8 nitrogen and oxygen atoms in total. The molecule has 0 aromatic heterocycles. The van der Waals surface area contributed by atoms with E-state index in [4.69, 9.17) is 5.11 Å². The van der Waals surface area contributed by atoms with E-state index in [2.05, 4.69) is 17.6 Å². The van der Waals surface area contributed by atoms with Gasteiger partial charge >= 0.3 is 0 Å². The molecule has 1 heterocycles. The highest BCUT2D eigenvalue weighted by Crippen LogP contribution is 2.24. The predicted molar refractivity (Wildman–Crippen MR) is 119 cm³/mol. The first-order valence-electron chi connectivity index (χ1n) is 11.4. The topological polar surface area (TPSA) is 142 Å². The van der Waals surface area contributed by atoms with Gasteiger partial charge in [-0.2, -0.15) is 0 Å². The standard InChI is InChI=1S/C21H42N2O6S/c1-2-3-4-5-6-7-8-9-10-11-12-22-20(29)15-14-30-21(23-15)19(28)18(27)17(26)16(25)13-24/h15-19,21,23-28H,2-14H2,1H3,(H,22,29)/t15?,16-,17-,18+,19+,21?/m1/s1. The first-order valence-corrected chi connectivity index (χ1v) is 12.5. The average molecular weight is 451 g/mol. The minimum Gasteiger partial charge on any atom is -0.394 e. The minimum atomic E-state index is -1.67. The summed E-state index contributed by atoms with van der Waals surface area (Å²) in [5.74, 6) is 0.301. The van der Waals surface area contributed by atoms with Gasteiger partial charge in [0.15, 0.2) is 0 Å². The number of hydrogen-bond donors (Lipinski definition) is 7. The molecule has 30 heavy (non-hydrogen) atoms. The van der Waals surface area contributed by atoms with E-state index in [0.717, 1.165) is 12.8 Å². The van der Waals surface area contributed by atoms with Crippen molar-refractivity contribution in [3.05, 3.63) is 0 Å². The Kier molecular flexibility index (Phi) is 15.0. The molecule has 0 aromatic rings. The van der Waals surface area contributed by atoms with Gasteiger partial charge in [0.25, 0.3) is 0 Å². The highest BCUT2D eigenvalue weighted by molar-refractivity contribution is 8.00. The first kappa shape index (κ1) is 27.6. The van der Waals surface area contributed by atoms with Crippen LogP contribution in [0.15, 0.2) is 0 Å². The summed E-state index contributed by atoms with van der Waals surface area (Å²) in [7, 11) is 0. The molecule has 1 aliphatic heterocycles. The number of hydrogen-bond acceptors (Lipinski definition) is 8. The molecular formula is C21H42N2O6S. The van der Waals surface area contributed by atoms with Crippen molar-refractivity contribution in [3.63, 3.8) is 0 Å². The van der Waals surface area contributed by atoms with Gasteiger partial charge in [0.05, 0.1) is 18.0 Å². The van der Waals surface area contributed by atoms with Crippen molar-refractivity contribution in [2.45, 2.75) is 107 Å². The first-order chi connectivity index (χ1) is 14.4. The third-order valence-corrected chi connectivity index (χ3v) is 6.85. The summed E-state index contributed by atoms with van der Waals surface area (Å²) >= 11 is 1.27. The van der Waals surface area contributed by atoms with E-state index in [1.807, 2.05) is 0 Å². The van der Waals surface area contributed by atoms with Gasteiger partial charge in [0.2, 0.25) is 5.91 Å². The Bertz CT molecular complexity index is 459. The van der Waals surface area contributed by atoms with Gasteiger partial charge < -0.3 is 30.8 Å². The van der Waals surface area contributed by atoms with E-state index >= 15 is 0 Å². The summed E-state index contributed by atoms with van der Waals surface area (Å²) < 4.78 is 0. The summed E-state index contributed by atoms with van der Waals surface area (Å²) in [6, 6.07) is -0.482. The lowest BCUT2D eigenvalue weighted by Gasteiger charge is -2.29. The summed E-state index contributed by atoms with van der Waals surface area (Å²) in [5, 5.41) is 53.3. The number of unbranched alkanes of at least 4 members (excludes halogenated alkanes) is 9. The molecule has 0 spiro atoms. The number of aliphatic hydroxyl groups is 5. The van der Waals surface area contributed by atoms with E-state index < -0.39 is 42.4 Å². The SMILES string of the molecule is CCCCCCCCCCCCNC(=O)C1CSC([C@@H](O)[C@@H](O)[C@H](O)[C@H](O)CO)N1. The van der Waals surface area contributed by atoms with Gasteiger partial charge in [-0.15, -0.1) is 11.8 Å². The lowest BCUT2D eigenvalue weighted by molar-refractivity contribution is -0.124. The van der Waals surface area contributed by atoms with Crippen LogP contribution in [0.3, 0.4) is 0 Å². The molecule has 1 rings (SSSR count). The molecule has 2 unspecified atom stereocenters. The second-order valence-corrected chi connectivity index (χ2v) is 9.34. The van der Waals surface area contributed by atoms with Gasteiger partial charge in [-0.1, -0.05) is 64.7 Å². The van der Waals surface area contributed by atoms with Crippen LogP contribution in [0.1, 0.15) is 71.1 Å². The molecule has 1 fully saturated rings. The smallest absolute Gasteiger partial charge is 0.238 e. The average Bonchev–Trinajstić information content (AvgIpc) is 3.25. The third kappa shape index (κ3) is 10.3. The van der Waals surface area contributed by atoms with Gasteiger partial charge in [-0.3, -0.25) is 10.1 Å². The highest BCUT2D eigenvalue weighted by atomic mass is 32.2. The zero-order valence-corrected chi connectivity index (χ0v) is 19.0. The Balaban J connectivity index is 2.12. The monoisotopic (exact) mass is 450 g/mol. The van der Waals surface area contributed by atoms with Crippen LogP contribution >= 0.6 is 11.8 Å². The quantitative estimate of drug-likeness (QED) is 0.159. The molecule has 9 heteroatoms. The van der Waals surface area contributed by atoms with Crippen LogP contribution in [0.25, 0.3) is 0 Å². The van der Waals surface area contributed by atoms with Gasteiger partial charge in [-0.25, -0.2) is 0 Å². The van der Waals surface area contributed by atoms with Crippen LogP contribution in [-0.2, 0) is 4.79 Å². The van der Waals surface area contributed by atoms with Gasteiger partial charge in [-0.05, 0) is 6.42 Å². The Morgan fingerprint density at radius 3 is 2.10 bits per heavy atom. The molecule has 1 saturated heterocycles. The lowest BCUT2D eigenvalue weighted by Crippen LogP contribution is -2.53. The highest BCUT2D eigenvalue weighted by Gasteiger charge is 2.40. The molecule has 0 bridgehead atoms. The minimum absolute atomic E-state index is 0.140.